The van der Waals surface area contributed by atoms with E-state index < -0.39 is 28.3 Å². The Morgan fingerprint density at radius 2 is 1.15 bits per heavy atom. The number of benzene rings is 4. The van der Waals surface area contributed by atoms with Gasteiger partial charge < -0.3 is 28.2 Å². The van der Waals surface area contributed by atoms with Crippen LogP contribution in [0.3, 0.4) is 0 Å². The van der Waals surface area contributed by atoms with Crippen molar-refractivity contribution in [2.24, 2.45) is 23.7 Å². The molecule has 8 heteroatoms. The Bertz CT molecular complexity index is 2000. The van der Waals surface area contributed by atoms with E-state index >= 15 is 0 Å². The van der Waals surface area contributed by atoms with Gasteiger partial charge in [0.25, 0.3) is 0 Å². The second-order valence-corrected chi connectivity index (χ2v) is 31.2. The minimum atomic E-state index is -2.24. The molecule has 0 amide bonds. The quantitative estimate of drug-likeness (QED) is 0.0346. The van der Waals surface area contributed by atoms with E-state index in [1.165, 1.54) is 0 Å². The first-order valence-electron chi connectivity index (χ1n) is 24.2. The lowest BCUT2D eigenvalue weighted by atomic mass is 9.80. The Labute approximate surface area is 403 Å². The van der Waals surface area contributed by atoms with E-state index in [9.17, 15) is 5.11 Å². The Morgan fingerprint density at radius 3 is 1.62 bits per heavy atom. The van der Waals surface area contributed by atoms with Gasteiger partial charge in [0.05, 0.1) is 32.5 Å². The predicted octanol–water partition coefficient (Wildman–Crippen LogP) is 14.2. The summed E-state index contributed by atoms with van der Waals surface area (Å²) in [6, 6.07) is 39.4. The van der Waals surface area contributed by atoms with Crippen LogP contribution in [-0.4, -0.2) is 60.4 Å². The molecule has 0 radical (unpaired) electrons. The lowest BCUT2D eigenvalue weighted by molar-refractivity contribution is -0.0217. The lowest BCUT2D eigenvalue weighted by Crippen LogP contribution is -2.46. The van der Waals surface area contributed by atoms with Gasteiger partial charge in [0.15, 0.2) is 16.6 Å². The van der Waals surface area contributed by atoms with Crippen LogP contribution in [0.1, 0.15) is 104 Å². The van der Waals surface area contributed by atoms with E-state index in [2.05, 4.69) is 192 Å². The summed E-state index contributed by atoms with van der Waals surface area (Å²) in [4.78, 5) is 0. The van der Waals surface area contributed by atoms with Crippen LogP contribution < -0.4 is 4.74 Å². The van der Waals surface area contributed by atoms with Crippen LogP contribution in [0.5, 0.6) is 5.75 Å². The average molecular weight is 933 g/mol. The van der Waals surface area contributed by atoms with Gasteiger partial charge in [-0.3, -0.25) is 0 Å². The van der Waals surface area contributed by atoms with E-state index in [1.54, 1.807) is 7.11 Å². The molecular formula is C58H84O6Si2. The van der Waals surface area contributed by atoms with Crippen molar-refractivity contribution >= 4 is 16.6 Å². The molecule has 0 aliphatic carbocycles. The fourth-order valence-corrected chi connectivity index (χ4v) is 10.5. The smallest absolute Gasteiger partial charge is 0.192 e. The van der Waals surface area contributed by atoms with Gasteiger partial charge >= 0.3 is 0 Å². The number of hydrogen-bond acceptors (Lipinski definition) is 6. The second kappa shape index (κ2) is 24.5. The van der Waals surface area contributed by atoms with Crippen molar-refractivity contribution in [3.63, 3.8) is 0 Å². The fraction of sp³-hybridized carbons (Fsp3) is 0.517. The summed E-state index contributed by atoms with van der Waals surface area (Å²) >= 11 is 0. The van der Waals surface area contributed by atoms with Gasteiger partial charge in [-0.05, 0) is 102 Å². The van der Waals surface area contributed by atoms with Crippen molar-refractivity contribution in [2.75, 3.05) is 20.3 Å². The summed E-state index contributed by atoms with van der Waals surface area (Å²) in [6.45, 7) is 33.2. The maximum Gasteiger partial charge on any atom is 0.192 e. The summed E-state index contributed by atoms with van der Waals surface area (Å²) in [5.74, 6) is 7.96. The third kappa shape index (κ3) is 15.4. The van der Waals surface area contributed by atoms with Gasteiger partial charge in [-0.1, -0.05) is 189 Å². The van der Waals surface area contributed by atoms with Gasteiger partial charge in [-0.2, -0.15) is 0 Å². The topological polar surface area (TPSA) is 66.4 Å². The van der Waals surface area contributed by atoms with Crippen LogP contribution in [0.25, 0.3) is 0 Å². The van der Waals surface area contributed by atoms with E-state index in [4.69, 9.17) is 23.1 Å². The molecule has 0 saturated carbocycles. The van der Waals surface area contributed by atoms with Crippen LogP contribution >= 0.6 is 0 Å². The maximum absolute atomic E-state index is 11.8. The normalized spacial score (nSPS) is 16.1. The minimum absolute atomic E-state index is 0.0129. The first kappa shape index (κ1) is 54.8. The molecule has 4 aromatic carbocycles. The number of methoxy groups -OCH3 is 1. The first-order valence-corrected chi connectivity index (χ1v) is 30.0. The SMILES string of the molecule is COc1ccc(CO[C@H]([C@H](C)C[C@@H](C)CO[Si](C)(C)C(C)(C)C)[C@@H](C)C#C[C@@H](O)C[C@H](O[Si](C)(C)C(C)(C)C)[C@@H](C)C=CCOC(c2ccccc2)(c2ccccc2)c2ccccc2)cc1. The molecule has 0 aliphatic heterocycles. The Kier molecular flexibility index (Phi) is 20.3. The number of rotatable bonds is 23. The number of hydrogen-bond donors (Lipinski definition) is 1. The highest BCUT2D eigenvalue weighted by Crippen LogP contribution is 2.42. The molecule has 66 heavy (non-hydrogen) atoms. The summed E-state index contributed by atoms with van der Waals surface area (Å²) in [5, 5.41) is 11.9. The molecule has 6 nitrogen and oxygen atoms in total. The van der Waals surface area contributed by atoms with Crippen molar-refractivity contribution in [1.82, 2.24) is 0 Å². The molecule has 4 aromatic rings. The average Bonchev–Trinajstić information content (AvgIpc) is 3.27. The monoisotopic (exact) mass is 933 g/mol. The van der Waals surface area contributed by atoms with Gasteiger partial charge in [-0.15, -0.1) is 0 Å². The standard InChI is InChI=1S/C58H84O6Si2/c1-44(42-63-65(12,13)56(5,6)7)40-47(4)55(61-43-48-34-37-53(60-11)38-35-48)46(3)33-36-52(59)41-54(64-66(14,15)57(8,9)10)45(2)26-25-39-62-58(49-27-19-16-20-28-49,50-29-21-17-22-30-50)51-31-23-18-24-32-51/h16-32,34-35,37-38,44-47,52,54-55,59H,39-43H2,1-15H3/t44-,45+,46+,47-,52-,54+,55+/m1/s1. The van der Waals surface area contributed by atoms with Crippen LogP contribution in [0.2, 0.25) is 36.3 Å². The van der Waals surface area contributed by atoms with Crippen molar-refractivity contribution in [3.8, 4) is 17.6 Å². The number of aliphatic hydroxyl groups is 1. The molecule has 0 aliphatic rings. The molecule has 4 rings (SSSR count). The van der Waals surface area contributed by atoms with Crippen molar-refractivity contribution in [3.05, 3.63) is 150 Å². The molecule has 1 N–H and O–H groups in total. The molecule has 0 saturated heterocycles. The summed E-state index contributed by atoms with van der Waals surface area (Å²) < 4.78 is 33.0. The summed E-state index contributed by atoms with van der Waals surface area (Å²) in [6.07, 6.45) is 4.33. The Morgan fingerprint density at radius 1 is 0.652 bits per heavy atom. The molecule has 7 atom stereocenters. The zero-order valence-corrected chi connectivity index (χ0v) is 45.2. The van der Waals surface area contributed by atoms with Crippen molar-refractivity contribution in [1.29, 1.82) is 0 Å². The van der Waals surface area contributed by atoms with Gasteiger partial charge in [0, 0.05) is 18.9 Å². The highest BCUT2D eigenvalue weighted by atomic mass is 28.4. The third-order valence-electron chi connectivity index (χ3n) is 14.1. The van der Waals surface area contributed by atoms with Crippen molar-refractivity contribution in [2.45, 2.75) is 149 Å². The molecule has 0 heterocycles. The number of aliphatic hydroxyl groups excluding tert-OH is 1. The second-order valence-electron chi connectivity index (χ2n) is 21.6. The van der Waals surface area contributed by atoms with Crippen LogP contribution in [0.15, 0.2) is 127 Å². The molecule has 0 fully saturated rings. The fourth-order valence-electron chi connectivity index (χ4n) is 7.97. The molecular weight excluding hydrogens is 849 g/mol. The Balaban J connectivity index is 1.56. The molecule has 360 valence electrons. The van der Waals surface area contributed by atoms with Crippen molar-refractivity contribution < 1.29 is 28.2 Å². The van der Waals surface area contributed by atoms with Crippen LogP contribution in [-0.2, 0) is 30.5 Å². The largest absolute Gasteiger partial charge is 0.497 e. The minimum Gasteiger partial charge on any atom is -0.497 e. The van der Waals surface area contributed by atoms with Crippen LogP contribution in [0, 0.1) is 35.5 Å². The van der Waals surface area contributed by atoms with Crippen LogP contribution in [0.4, 0.5) is 0 Å². The lowest BCUT2D eigenvalue weighted by Gasteiger charge is -2.41. The first-order chi connectivity index (χ1) is 31.0. The van der Waals surface area contributed by atoms with E-state index in [-0.39, 0.29) is 40.0 Å². The molecule has 0 aromatic heterocycles. The highest BCUT2D eigenvalue weighted by Gasteiger charge is 2.41. The maximum atomic E-state index is 11.8. The number of ether oxygens (including phenoxy) is 3. The van der Waals surface area contributed by atoms with Gasteiger partial charge in [-0.25, -0.2) is 0 Å². The predicted molar refractivity (Wildman–Crippen MR) is 281 cm³/mol. The zero-order valence-electron chi connectivity index (χ0n) is 43.2. The van der Waals surface area contributed by atoms with E-state index in [0.717, 1.165) is 41.0 Å². The molecule has 0 spiro atoms. The summed E-state index contributed by atoms with van der Waals surface area (Å²) in [7, 11) is -2.43. The molecule has 0 unspecified atom stereocenters. The van der Waals surface area contributed by atoms with Gasteiger partial charge in [0.1, 0.15) is 17.5 Å². The Hall–Kier alpha value is -3.79. The molecule has 0 bridgehead atoms. The van der Waals surface area contributed by atoms with Gasteiger partial charge in [0.2, 0.25) is 0 Å². The van der Waals surface area contributed by atoms with E-state index in [0.29, 0.717) is 25.6 Å². The third-order valence-corrected chi connectivity index (χ3v) is 23.1. The zero-order chi connectivity index (χ0) is 48.8. The highest BCUT2D eigenvalue weighted by molar-refractivity contribution is 6.74. The van der Waals surface area contributed by atoms with E-state index in [1.807, 2.05) is 42.5 Å². The summed E-state index contributed by atoms with van der Waals surface area (Å²) in [5.41, 5.74) is 3.44.